The smallest absolute Gasteiger partial charge is 0.0798 e. The van der Waals surface area contributed by atoms with Crippen LogP contribution < -0.4 is 11.1 Å². The highest BCUT2D eigenvalue weighted by Crippen LogP contribution is 2.19. The third-order valence-corrected chi connectivity index (χ3v) is 3.51. The molecular weight excluding hydrogens is 218 g/mol. The molecule has 1 aromatic heterocycles. The van der Waals surface area contributed by atoms with Crippen LogP contribution in [0.5, 0.6) is 0 Å². The number of thiazole rings is 1. The van der Waals surface area contributed by atoms with Gasteiger partial charge in [0.1, 0.15) is 0 Å². The van der Waals surface area contributed by atoms with Gasteiger partial charge in [0.2, 0.25) is 0 Å². The molecular formula is C12H15N3S. The van der Waals surface area contributed by atoms with Crippen LogP contribution in [-0.2, 0) is 6.54 Å². The fourth-order valence-corrected chi connectivity index (χ4v) is 2.15. The van der Waals surface area contributed by atoms with Crippen molar-refractivity contribution >= 4 is 22.7 Å². The Balaban J connectivity index is 2.05. The van der Waals surface area contributed by atoms with Gasteiger partial charge < -0.3 is 11.1 Å². The van der Waals surface area contributed by atoms with E-state index < -0.39 is 0 Å². The summed E-state index contributed by atoms with van der Waals surface area (Å²) >= 11 is 1.67. The van der Waals surface area contributed by atoms with Crippen molar-refractivity contribution in [1.29, 1.82) is 0 Å². The molecule has 16 heavy (non-hydrogen) atoms. The molecule has 1 aromatic carbocycles. The first-order valence-electron chi connectivity index (χ1n) is 5.16. The maximum atomic E-state index is 5.85. The minimum atomic E-state index is 0.805. The zero-order valence-corrected chi connectivity index (χ0v) is 10.3. The Kier molecular flexibility index (Phi) is 3.10. The summed E-state index contributed by atoms with van der Waals surface area (Å²) in [5.41, 5.74) is 11.8. The monoisotopic (exact) mass is 233 g/mol. The summed E-state index contributed by atoms with van der Waals surface area (Å²) in [4.78, 5) is 5.48. The van der Waals surface area contributed by atoms with Crippen molar-refractivity contribution in [3.63, 3.8) is 0 Å². The Hall–Kier alpha value is -1.55. The van der Waals surface area contributed by atoms with E-state index in [-0.39, 0.29) is 0 Å². The molecule has 1 heterocycles. The van der Waals surface area contributed by atoms with Gasteiger partial charge in [-0.05, 0) is 31.5 Å². The van der Waals surface area contributed by atoms with Crippen molar-refractivity contribution in [2.45, 2.75) is 20.4 Å². The lowest BCUT2D eigenvalue weighted by atomic mass is 10.2. The molecule has 84 valence electrons. The van der Waals surface area contributed by atoms with Crippen LogP contribution in [0.3, 0.4) is 0 Å². The molecule has 2 rings (SSSR count). The molecule has 0 saturated heterocycles. The predicted molar refractivity (Wildman–Crippen MR) is 69.8 cm³/mol. The van der Waals surface area contributed by atoms with Crippen LogP contribution >= 0.6 is 11.3 Å². The molecule has 3 N–H and O–H groups in total. The van der Waals surface area contributed by atoms with E-state index in [1.807, 2.05) is 37.6 Å². The second kappa shape index (κ2) is 4.53. The predicted octanol–water partition coefficient (Wildman–Crippen LogP) is 2.95. The Labute approximate surface area is 99.3 Å². The summed E-state index contributed by atoms with van der Waals surface area (Å²) in [5, 5.41) is 3.35. The Morgan fingerprint density at radius 3 is 2.81 bits per heavy atom. The third kappa shape index (κ3) is 2.33. The number of nitrogens with zero attached hydrogens (tertiary/aromatic N) is 1. The quantitative estimate of drug-likeness (QED) is 0.801. The Morgan fingerprint density at radius 2 is 2.19 bits per heavy atom. The molecule has 0 bridgehead atoms. The number of nitrogens with one attached hydrogen (secondary N) is 1. The van der Waals surface area contributed by atoms with Gasteiger partial charge in [0, 0.05) is 16.3 Å². The molecule has 2 aromatic rings. The molecule has 0 aliphatic carbocycles. The van der Waals surface area contributed by atoms with Gasteiger partial charge in [-0.25, -0.2) is 4.98 Å². The zero-order valence-electron chi connectivity index (χ0n) is 9.45. The van der Waals surface area contributed by atoms with E-state index in [4.69, 9.17) is 5.73 Å². The van der Waals surface area contributed by atoms with Gasteiger partial charge in [0.25, 0.3) is 0 Å². The lowest BCUT2D eigenvalue weighted by molar-refractivity contribution is 1.12. The van der Waals surface area contributed by atoms with Crippen LogP contribution in [0, 0.1) is 13.8 Å². The van der Waals surface area contributed by atoms with Crippen LogP contribution in [0.25, 0.3) is 0 Å². The molecule has 0 spiro atoms. The summed E-state index contributed by atoms with van der Waals surface area (Å²) in [5.74, 6) is 0. The van der Waals surface area contributed by atoms with Crippen LogP contribution in [0.4, 0.5) is 11.4 Å². The largest absolute Gasteiger partial charge is 0.398 e. The summed E-state index contributed by atoms with van der Waals surface area (Å²) in [6, 6.07) is 6.03. The van der Waals surface area contributed by atoms with E-state index in [1.165, 1.54) is 4.88 Å². The number of anilines is 2. The lowest BCUT2D eigenvalue weighted by Crippen LogP contribution is -2.00. The van der Waals surface area contributed by atoms with Crippen LogP contribution in [0.15, 0.2) is 23.7 Å². The van der Waals surface area contributed by atoms with Crippen molar-refractivity contribution in [2.75, 3.05) is 11.1 Å². The number of nitrogen functional groups attached to an aromatic ring is 1. The number of hydrogen-bond acceptors (Lipinski definition) is 4. The van der Waals surface area contributed by atoms with Gasteiger partial charge in [-0.1, -0.05) is 6.07 Å². The molecule has 0 fully saturated rings. The first-order chi connectivity index (χ1) is 7.66. The molecule has 0 saturated carbocycles. The number of aromatic nitrogens is 1. The van der Waals surface area contributed by atoms with Crippen LogP contribution in [0.2, 0.25) is 0 Å². The van der Waals surface area contributed by atoms with Crippen molar-refractivity contribution < 1.29 is 0 Å². The fraction of sp³-hybridized carbons (Fsp3) is 0.250. The molecule has 0 atom stereocenters. The lowest BCUT2D eigenvalue weighted by Gasteiger charge is -2.07. The van der Waals surface area contributed by atoms with Crippen molar-refractivity contribution in [2.24, 2.45) is 0 Å². The van der Waals surface area contributed by atoms with E-state index >= 15 is 0 Å². The first kappa shape index (κ1) is 11.0. The average Bonchev–Trinajstić information content (AvgIpc) is 2.66. The van der Waals surface area contributed by atoms with Gasteiger partial charge >= 0.3 is 0 Å². The van der Waals surface area contributed by atoms with E-state index in [0.29, 0.717) is 0 Å². The third-order valence-electron chi connectivity index (χ3n) is 2.58. The maximum Gasteiger partial charge on any atom is 0.0798 e. The molecule has 0 radical (unpaired) electrons. The zero-order chi connectivity index (χ0) is 11.5. The van der Waals surface area contributed by atoms with Crippen molar-refractivity contribution in [3.05, 3.63) is 39.8 Å². The van der Waals surface area contributed by atoms with Gasteiger partial charge in [0.15, 0.2) is 0 Å². The Morgan fingerprint density at radius 1 is 1.38 bits per heavy atom. The highest BCUT2D eigenvalue weighted by Gasteiger charge is 2.01. The van der Waals surface area contributed by atoms with Gasteiger partial charge in [-0.15, -0.1) is 11.3 Å². The summed E-state index contributed by atoms with van der Waals surface area (Å²) in [6.07, 6.45) is 0. The van der Waals surface area contributed by atoms with Crippen molar-refractivity contribution in [3.8, 4) is 0 Å². The molecule has 0 amide bonds. The summed E-state index contributed by atoms with van der Waals surface area (Å²) in [6.45, 7) is 4.84. The number of rotatable bonds is 3. The summed E-state index contributed by atoms with van der Waals surface area (Å²) in [7, 11) is 0. The second-order valence-corrected chi connectivity index (χ2v) is 4.73. The second-order valence-electron chi connectivity index (χ2n) is 3.79. The number of hydrogen-bond donors (Lipinski definition) is 2. The molecule has 4 heteroatoms. The average molecular weight is 233 g/mol. The minimum Gasteiger partial charge on any atom is -0.398 e. The maximum absolute atomic E-state index is 5.85. The molecule has 0 aliphatic heterocycles. The molecule has 0 unspecified atom stereocenters. The highest BCUT2D eigenvalue weighted by molar-refractivity contribution is 7.09. The Bertz CT molecular complexity index is 491. The highest BCUT2D eigenvalue weighted by atomic mass is 32.1. The van der Waals surface area contributed by atoms with E-state index in [1.54, 1.807) is 11.3 Å². The topological polar surface area (TPSA) is 50.9 Å². The standard InChI is InChI=1S/C12H15N3S/c1-8-3-4-10(5-11(8)13)14-6-12-9(2)15-7-16-12/h3-5,7,14H,6,13H2,1-2H3. The van der Waals surface area contributed by atoms with E-state index in [2.05, 4.69) is 10.3 Å². The van der Waals surface area contributed by atoms with Crippen LogP contribution in [-0.4, -0.2) is 4.98 Å². The number of benzene rings is 1. The van der Waals surface area contributed by atoms with Gasteiger partial charge in [-0.2, -0.15) is 0 Å². The van der Waals surface area contributed by atoms with Crippen LogP contribution in [0.1, 0.15) is 16.1 Å². The molecule has 0 aliphatic rings. The number of nitrogens with two attached hydrogens (primary N) is 1. The van der Waals surface area contributed by atoms with E-state index in [9.17, 15) is 0 Å². The minimum absolute atomic E-state index is 0.805. The van der Waals surface area contributed by atoms with Crippen molar-refractivity contribution in [1.82, 2.24) is 4.98 Å². The number of aryl methyl sites for hydroxylation is 2. The normalized spacial score (nSPS) is 10.4. The first-order valence-corrected chi connectivity index (χ1v) is 6.04. The van der Waals surface area contributed by atoms with E-state index in [0.717, 1.165) is 29.2 Å². The fourth-order valence-electron chi connectivity index (χ4n) is 1.43. The van der Waals surface area contributed by atoms with Gasteiger partial charge in [-0.3, -0.25) is 0 Å². The summed E-state index contributed by atoms with van der Waals surface area (Å²) < 4.78 is 0. The molecule has 3 nitrogen and oxygen atoms in total. The van der Waals surface area contributed by atoms with Gasteiger partial charge in [0.05, 0.1) is 17.7 Å². The SMILES string of the molecule is Cc1ccc(NCc2scnc2C)cc1N.